The molecule has 2 aromatic carbocycles. The Balaban J connectivity index is 1.74. The van der Waals surface area contributed by atoms with E-state index in [4.69, 9.17) is 10.4 Å². The number of carbonyl (C=O) groups is 3. The van der Waals surface area contributed by atoms with Gasteiger partial charge in [-0.25, -0.2) is 9.68 Å². The van der Waals surface area contributed by atoms with Gasteiger partial charge in [-0.15, -0.1) is 5.10 Å². The van der Waals surface area contributed by atoms with E-state index in [1.807, 2.05) is 0 Å². The molecule has 2 aliphatic heterocycles. The number of amidine groups is 1. The summed E-state index contributed by atoms with van der Waals surface area (Å²) in [5, 5.41) is 23.3. The van der Waals surface area contributed by atoms with Crippen LogP contribution >= 0.6 is 0 Å². The number of hydrogen-bond donors (Lipinski definition) is 2. The van der Waals surface area contributed by atoms with Gasteiger partial charge in [0.25, 0.3) is 5.91 Å². The van der Waals surface area contributed by atoms with E-state index in [1.165, 1.54) is 34.2 Å². The number of carbonyl (C=O) groups excluding carboxylic acids is 2. The Morgan fingerprint density at radius 3 is 2.30 bits per heavy atom. The Labute approximate surface area is 171 Å². The van der Waals surface area contributed by atoms with Gasteiger partial charge in [0.15, 0.2) is 5.84 Å². The van der Waals surface area contributed by atoms with Crippen molar-refractivity contribution in [3.8, 4) is 0 Å². The molecular weight excluding hydrogens is 390 g/mol. The van der Waals surface area contributed by atoms with Gasteiger partial charge in [-0.3, -0.25) is 19.7 Å². The second kappa shape index (κ2) is 7.54. The molecule has 0 unspecified atom stereocenters. The molecule has 152 valence electrons. The minimum Gasteiger partial charge on any atom is -0.478 e. The van der Waals surface area contributed by atoms with Crippen molar-refractivity contribution in [1.82, 2.24) is 0 Å². The number of amides is 2. The van der Waals surface area contributed by atoms with Gasteiger partial charge in [0.1, 0.15) is 6.61 Å². The Hall–Kier alpha value is -3.82. The molecule has 0 spiro atoms. The lowest BCUT2D eigenvalue weighted by Crippen LogP contribution is -2.41. The average Bonchev–Trinajstić information content (AvgIpc) is 3.06. The van der Waals surface area contributed by atoms with Gasteiger partial charge in [-0.1, -0.05) is 12.1 Å². The second-order valence-corrected chi connectivity index (χ2v) is 6.89. The number of nitrogens with zero attached hydrogens (tertiary/aromatic N) is 3. The highest BCUT2D eigenvalue weighted by atomic mass is 17.1. The fraction of sp³-hybridized carbons (Fsp3) is 0.143. The van der Waals surface area contributed by atoms with Crippen LogP contribution < -0.4 is 9.91 Å². The van der Waals surface area contributed by atoms with E-state index in [0.717, 1.165) is 0 Å². The van der Waals surface area contributed by atoms with Crippen molar-refractivity contribution >= 4 is 35.0 Å². The predicted molar refractivity (Wildman–Crippen MR) is 107 cm³/mol. The number of carboxylic acids is 1. The van der Waals surface area contributed by atoms with Crippen molar-refractivity contribution in [3.63, 3.8) is 0 Å². The fourth-order valence-corrected chi connectivity index (χ4v) is 3.44. The summed E-state index contributed by atoms with van der Waals surface area (Å²) < 4.78 is 0. The molecule has 2 aromatic rings. The van der Waals surface area contributed by atoms with Crippen LogP contribution in [-0.2, 0) is 21.1 Å². The van der Waals surface area contributed by atoms with Crippen LogP contribution in [0.2, 0.25) is 0 Å². The smallest absolute Gasteiger partial charge is 0.335 e. The topological polar surface area (TPSA) is 120 Å². The number of aromatic carboxylic acids is 1. The van der Waals surface area contributed by atoms with E-state index in [1.54, 1.807) is 31.2 Å². The second-order valence-electron chi connectivity index (χ2n) is 6.89. The van der Waals surface area contributed by atoms with E-state index >= 15 is 0 Å². The van der Waals surface area contributed by atoms with Gasteiger partial charge in [0.2, 0.25) is 5.91 Å². The normalized spacial score (nSPS) is 16.1. The number of hydrogen-bond acceptors (Lipinski definition) is 6. The number of hydrazone groups is 1. The highest BCUT2D eigenvalue weighted by Gasteiger charge is 2.42. The molecule has 0 aliphatic carbocycles. The van der Waals surface area contributed by atoms with E-state index in [2.05, 4.69) is 9.99 Å². The summed E-state index contributed by atoms with van der Waals surface area (Å²) in [6.07, 6.45) is 0.0569. The number of carboxylic acid groups (broad SMARTS) is 1. The standard InChI is InChI=1S/C21H17N3O6/c1-12-10-17(25)23(15-8-4-14(5-9-15)21(27)28)19-18(12)20(26)24(22-19)16-6-2-13(3-7-16)11-30-29/h2-9,29H,10-11H2,1H3,(H,27,28). The molecular formula is C21H17N3O6. The molecule has 30 heavy (non-hydrogen) atoms. The van der Waals surface area contributed by atoms with Gasteiger partial charge in [0.05, 0.1) is 22.5 Å². The van der Waals surface area contributed by atoms with Gasteiger partial charge in [-0.2, -0.15) is 5.01 Å². The molecule has 2 aliphatic rings. The molecule has 2 amide bonds. The van der Waals surface area contributed by atoms with Crippen molar-refractivity contribution in [2.24, 2.45) is 5.10 Å². The molecule has 0 fully saturated rings. The predicted octanol–water partition coefficient (Wildman–Crippen LogP) is 2.79. The SMILES string of the molecule is CC1=C2C(=O)N(c3ccc(COO)cc3)N=C2N(c2ccc(C(=O)O)cc2)C(=O)C1. The number of rotatable bonds is 5. The third-order valence-electron chi connectivity index (χ3n) is 4.91. The maximum atomic E-state index is 13.1. The fourth-order valence-electron chi connectivity index (χ4n) is 3.44. The molecule has 0 atom stereocenters. The van der Waals surface area contributed by atoms with Crippen LogP contribution in [0.25, 0.3) is 0 Å². The zero-order chi connectivity index (χ0) is 21.4. The zero-order valence-corrected chi connectivity index (χ0v) is 15.9. The summed E-state index contributed by atoms with van der Waals surface area (Å²) in [4.78, 5) is 42.4. The summed E-state index contributed by atoms with van der Waals surface area (Å²) in [7, 11) is 0. The lowest BCUT2D eigenvalue weighted by Gasteiger charge is -2.27. The van der Waals surface area contributed by atoms with E-state index in [-0.39, 0.29) is 36.2 Å². The Kier molecular flexibility index (Phi) is 4.90. The van der Waals surface area contributed by atoms with Crippen molar-refractivity contribution in [3.05, 3.63) is 70.8 Å². The first-order chi connectivity index (χ1) is 14.4. The summed E-state index contributed by atoms with van der Waals surface area (Å²) in [6, 6.07) is 12.5. The van der Waals surface area contributed by atoms with Crippen molar-refractivity contribution in [1.29, 1.82) is 0 Å². The van der Waals surface area contributed by atoms with Crippen LogP contribution in [0.5, 0.6) is 0 Å². The van der Waals surface area contributed by atoms with Crippen molar-refractivity contribution in [2.45, 2.75) is 20.0 Å². The van der Waals surface area contributed by atoms with Crippen LogP contribution in [-0.4, -0.2) is 34.0 Å². The van der Waals surface area contributed by atoms with Gasteiger partial charge in [-0.05, 0) is 54.5 Å². The summed E-state index contributed by atoms with van der Waals surface area (Å²) in [6.45, 7) is 1.73. The molecule has 9 heteroatoms. The molecule has 0 aromatic heterocycles. The van der Waals surface area contributed by atoms with E-state index < -0.39 is 5.97 Å². The lowest BCUT2D eigenvalue weighted by molar-refractivity contribution is -0.253. The largest absolute Gasteiger partial charge is 0.478 e. The summed E-state index contributed by atoms with van der Waals surface area (Å²) in [5.41, 5.74) is 2.70. The molecule has 2 N–H and O–H groups in total. The lowest BCUT2D eigenvalue weighted by atomic mass is 9.98. The van der Waals surface area contributed by atoms with Gasteiger partial charge < -0.3 is 5.11 Å². The third kappa shape index (κ3) is 3.25. The monoisotopic (exact) mass is 407 g/mol. The number of anilines is 2. The maximum absolute atomic E-state index is 13.1. The molecule has 4 rings (SSSR count). The molecule has 0 radical (unpaired) electrons. The van der Waals surface area contributed by atoms with Crippen molar-refractivity contribution in [2.75, 3.05) is 9.91 Å². The first-order valence-electron chi connectivity index (χ1n) is 9.05. The first kappa shape index (κ1) is 19.5. The first-order valence-corrected chi connectivity index (χ1v) is 9.05. The van der Waals surface area contributed by atoms with Crippen LogP contribution in [0.15, 0.2) is 64.8 Å². The quantitative estimate of drug-likeness (QED) is 0.581. The van der Waals surface area contributed by atoms with Crippen LogP contribution in [0.1, 0.15) is 29.3 Å². The third-order valence-corrected chi connectivity index (χ3v) is 4.91. The zero-order valence-electron chi connectivity index (χ0n) is 15.9. The van der Waals surface area contributed by atoms with E-state index in [9.17, 15) is 14.4 Å². The Bertz CT molecular complexity index is 1100. The van der Waals surface area contributed by atoms with Crippen LogP contribution in [0.4, 0.5) is 11.4 Å². The number of benzene rings is 2. The Morgan fingerprint density at radius 2 is 1.70 bits per heavy atom. The van der Waals surface area contributed by atoms with Crippen molar-refractivity contribution < 1.29 is 29.6 Å². The summed E-state index contributed by atoms with van der Waals surface area (Å²) in [5.74, 6) is -1.48. The summed E-state index contributed by atoms with van der Waals surface area (Å²) >= 11 is 0. The average molecular weight is 407 g/mol. The molecule has 0 bridgehead atoms. The minimum atomic E-state index is -1.07. The highest BCUT2D eigenvalue weighted by molar-refractivity contribution is 6.40. The van der Waals surface area contributed by atoms with Crippen LogP contribution in [0, 0.1) is 0 Å². The molecule has 0 saturated carbocycles. The molecule has 2 heterocycles. The van der Waals surface area contributed by atoms with E-state index in [0.29, 0.717) is 28.1 Å². The van der Waals surface area contributed by atoms with Crippen LogP contribution in [0.3, 0.4) is 0 Å². The Morgan fingerprint density at radius 1 is 1.07 bits per heavy atom. The minimum absolute atomic E-state index is 0.0155. The highest BCUT2D eigenvalue weighted by Crippen LogP contribution is 2.34. The number of fused-ring (bicyclic) bond motifs is 1. The molecule has 9 nitrogen and oxygen atoms in total. The maximum Gasteiger partial charge on any atom is 0.335 e. The van der Waals surface area contributed by atoms with Gasteiger partial charge in [0, 0.05) is 6.42 Å². The van der Waals surface area contributed by atoms with Gasteiger partial charge >= 0.3 is 5.97 Å². The molecule has 0 saturated heterocycles.